The summed E-state index contributed by atoms with van der Waals surface area (Å²) in [5.41, 5.74) is 3.02. The molecule has 0 bridgehead atoms. The third-order valence-corrected chi connectivity index (χ3v) is 3.61. The fraction of sp³-hybridized carbons (Fsp3) is 0.357. The number of hydrogen-bond donors (Lipinski definition) is 1. The smallest absolute Gasteiger partial charge is 0.193 e. The van der Waals surface area contributed by atoms with Crippen molar-refractivity contribution < 1.29 is 4.39 Å². The summed E-state index contributed by atoms with van der Waals surface area (Å²) in [5, 5.41) is 0.519. The number of aryl methyl sites for hydroxylation is 2. The molecule has 0 unspecified atom stereocenters. The van der Waals surface area contributed by atoms with Crippen LogP contribution in [0.1, 0.15) is 29.7 Å². The fourth-order valence-electron chi connectivity index (χ4n) is 2.69. The molecule has 3 heteroatoms. The second-order valence-corrected chi connectivity index (χ2v) is 4.73. The topological polar surface area (TPSA) is 32.9 Å². The van der Waals surface area contributed by atoms with Gasteiger partial charge in [-0.1, -0.05) is 6.07 Å². The van der Waals surface area contributed by atoms with E-state index in [2.05, 4.69) is 4.98 Å². The van der Waals surface area contributed by atoms with Crippen LogP contribution in [0.4, 0.5) is 4.39 Å². The van der Waals surface area contributed by atoms with Crippen LogP contribution in [0.3, 0.4) is 0 Å². The van der Waals surface area contributed by atoms with Gasteiger partial charge in [0, 0.05) is 11.3 Å². The van der Waals surface area contributed by atoms with E-state index in [1.807, 2.05) is 6.92 Å². The summed E-state index contributed by atoms with van der Waals surface area (Å²) in [6.45, 7) is 1.85. The maximum atomic E-state index is 13.7. The van der Waals surface area contributed by atoms with Gasteiger partial charge in [-0.2, -0.15) is 0 Å². The molecular weight excluding hydrogens is 217 g/mol. The Kier molecular flexibility index (Phi) is 2.28. The first kappa shape index (κ1) is 10.5. The van der Waals surface area contributed by atoms with E-state index >= 15 is 0 Å². The summed E-state index contributed by atoms with van der Waals surface area (Å²) >= 11 is 0. The number of nitrogens with one attached hydrogen (secondary N) is 1. The zero-order valence-electron chi connectivity index (χ0n) is 9.77. The van der Waals surface area contributed by atoms with Crippen molar-refractivity contribution in [3.63, 3.8) is 0 Å². The number of aromatic amines is 1. The highest BCUT2D eigenvalue weighted by molar-refractivity contribution is 5.83. The molecule has 1 aromatic carbocycles. The summed E-state index contributed by atoms with van der Waals surface area (Å²) < 4.78 is 13.7. The van der Waals surface area contributed by atoms with Crippen molar-refractivity contribution in [1.29, 1.82) is 0 Å². The number of H-pyrrole nitrogens is 1. The fourth-order valence-corrected chi connectivity index (χ4v) is 2.69. The third kappa shape index (κ3) is 1.49. The number of pyridine rings is 1. The van der Waals surface area contributed by atoms with E-state index < -0.39 is 0 Å². The van der Waals surface area contributed by atoms with Gasteiger partial charge in [-0.3, -0.25) is 4.79 Å². The Morgan fingerprint density at radius 2 is 2.00 bits per heavy atom. The number of benzene rings is 1. The molecule has 0 fully saturated rings. The van der Waals surface area contributed by atoms with Gasteiger partial charge in [0.05, 0.1) is 10.9 Å². The monoisotopic (exact) mass is 231 g/mol. The van der Waals surface area contributed by atoms with Gasteiger partial charge in [0.15, 0.2) is 5.43 Å². The lowest BCUT2D eigenvalue weighted by Crippen LogP contribution is -2.19. The molecule has 1 aliphatic rings. The van der Waals surface area contributed by atoms with E-state index in [0.717, 1.165) is 42.5 Å². The molecule has 0 saturated carbocycles. The average molecular weight is 231 g/mol. The summed E-state index contributed by atoms with van der Waals surface area (Å²) in [6.07, 6.45) is 3.79. The zero-order valence-corrected chi connectivity index (χ0v) is 9.77. The maximum absolute atomic E-state index is 13.7. The van der Waals surface area contributed by atoms with Gasteiger partial charge in [0.2, 0.25) is 0 Å². The molecule has 3 rings (SSSR count). The molecule has 1 aliphatic carbocycles. The highest BCUT2D eigenvalue weighted by Gasteiger charge is 2.17. The van der Waals surface area contributed by atoms with Gasteiger partial charge in [-0.05, 0) is 44.2 Å². The van der Waals surface area contributed by atoms with Crippen molar-refractivity contribution in [2.75, 3.05) is 0 Å². The minimum atomic E-state index is -0.337. The first-order valence-electron chi connectivity index (χ1n) is 6.01. The van der Waals surface area contributed by atoms with E-state index in [1.165, 1.54) is 6.07 Å². The number of hydrogen-bond acceptors (Lipinski definition) is 1. The Hall–Kier alpha value is -1.64. The van der Waals surface area contributed by atoms with Crippen LogP contribution < -0.4 is 5.43 Å². The van der Waals surface area contributed by atoms with Crippen LogP contribution in [0.5, 0.6) is 0 Å². The van der Waals surface area contributed by atoms with E-state index in [0.29, 0.717) is 10.9 Å². The summed E-state index contributed by atoms with van der Waals surface area (Å²) in [7, 11) is 0. The minimum absolute atomic E-state index is 0.0189. The van der Waals surface area contributed by atoms with Gasteiger partial charge >= 0.3 is 0 Å². The molecule has 2 aromatic rings. The molecule has 0 atom stereocenters. The summed E-state index contributed by atoms with van der Waals surface area (Å²) in [6, 6.07) is 3.09. The van der Waals surface area contributed by atoms with Crippen LogP contribution in [0.25, 0.3) is 10.9 Å². The van der Waals surface area contributed by atoms with E-state index in [1.54, 1.807) is 6.07 Å². The molecular formula is C14H14FNO. The molecule has 1 N–H and O–H groups in total. The molecule has 0 aliphatic heterocycles. The van der Waals surface area contributed by atoms with Crippen molar-refractivity contribution in [3.05, 3.63) is 45.0 Å². The SMILES string of the molecule is Cc1ccc(F)c2[nH]c3c(c(=O)c12)CCCC3. The Labute approximate surface area is 98.5 Å². The predicted octanol–water partition coefficient (Wildman–Crippen LogP) is 2.85. The quantitative estimate of drug-likeness (QED) is 0.743. The standard InChI is InChI=1S/C14H14FNO/c1-8-6-7-10(15)13-12(8)14(17)9-4-2-3-5-11(9)16-13/h6-7H,2-5H2,1H3,(H,16,17). The van der Waals surface area contributed by atoms with Crippen LogP contribution in [0, 0.1) is 12.7 Å². The summed E-state index contributed by atoms with van der Waals surface area (Å²) in [4.78, 5) is 15.5. The van der Waals surface area contributed by atoms with E-state index in [-0.39, 0.29) is 11.2 Å². The first-order chi connectivity index (χ1) is 8.18. The van der Waals surface area contributed by atoms with Crippen molar-refractivity contribution in [3.8, 4) is 0 Å². The largest absolute Gasteiger partial charge is 0.356 e. The second kappa shape index (κ2) is 3.69. The van der Waals surface area contributed by atoms with Crippen molar-refractivity contribution in [2.45, 2.75) is 32.6 Å². The number of fused-ring (bicyclic) bond motifs is 2. The van der Waals surface area contributed by atoms with Crippen LogP contribution >= 0.6 is 0 Å². The molecule has 1 aromatic heterocycles. The van der Waals surface area contributed by atoms with Gasteiger partial charge in [-0.15, -0.1) is 0 Å². The van der Waals surface area contributed by atoms with Crippen LogP contribution in [-0.4, -0.2) is 4.98 Å². The van der Waals surface area contributed by atoms with E-state index in [9.17, 15) is 9.18 Å². The third-order valence-electron chi connectivity index (χ3n) is 3.61. The number of halogens is 1. The molecule has 0 amide bonds. The highest BCUT2D eigenvalue weighted by Crippen LogP contribution is 2.23. The highest BCUT2D eigenvalue weighted by atomic mass is 19.1. The van der Waals surface area contributed by atoms with Crippen molar-refractivity contribution in [2.24, 2.45) is 0 Å². The molecule has 0 saturated heterocycles. The molecule has 17 heavy (non-hydrogen) atoms. The van der Waals surface area contributed by atoms with Crippen molar-refractivity contribution >= 4 is 10.9 Å². The lowest BCUT2D eigenvalue weighted by atomic mass is 9.93. The number of rotatable bonds is 0. The van der Waals surface area contributed by atoms with Crippen LogP contribution in [-0.2, 0) is 12.8 Å². The lowest BCUT2D eigenvalue weighted by Gasteiger charge is -2.16. The van der Waals surface area contributed by atoms with Crippen LogP contribution in [0.2, 0.25) is 0 Å². The van der Waals surface area contributed by atoms with Gasteiger partial charge < -0.3 is 4.98 Å². The van der Waals surface area contributed by atoms with Crippen LogP contribution in [0.15, 0.2) is 16.9 Å². The first-order valence-corrected chi connectivity index (χ1v) is 6.01. The Morgan fingerprint density at radius 1 is 1.24 bits per heavy atom. The predicted molar refractivity (Wildman–Crippen MR) is 65.9 cm³/mol. The van der Waals surface area contributed by atoms with E-state index in [4.69, 9.17) is 0 Å². The lowest BCUT2D eigenvalue weighted by molar-refractivity contribution is 0.630. The van der Waals surface area contributed by atoms with Gasteiger partial charge in [-0.25, -0.2) is 4.39 Å². The second-order valence-electron chi connectivity index (χ2n) is 4.73. The Bertz CT molecular complexity index is 657. The molecule has 1 heterocycles. The summed E-state index contributed by atoms with van der Waals surface area (Å²) in [5.74, 6) is -0.337. The molecule has 88 valence electrons. The van der Waals surface area contributed by atoms with Crippen molar-refractivity contribution in [1.82, 2.24) is 4.98 Å². The molecule has 0 radical (unpaired) electrons. The molecule has 0 spiro atoms. The molecule has 2 nitrogen and oxygen atoms in total. The average Bonchev–Trinajstić information content (AvgIpc) is 2.34. The minimum Gasteiger partial charge on any atom is -0.356 e. The maximum Gasteiger partial charge on any atom is 0.193 e. The Balaban J connectivity index is 2.48. The van der Waals surface area contributed by atoms with Gasteiger partial charge in [0.1, 0.15) is 5.82 Å². The normalized spacial score (nSPS) is 14.9. The Morgan fingerprint density at radius 3 is 2.82 bits per heavy atom. The zero-order chi connectivity index (χ0) is 12.0. The number of aromatic nitrogens is 1. The van der Waals surface area contributed by atoms with Gasteiger partial charge in [0.25, 0.3) is 0 Å².